The molecule has 1 atom stereocenters. The van der Waals surface area contributed by atoms with E-state index < -0.39 is 10.0 Å². The molecule has 7 heteroatoms. The van der Waals surface area contributed by atoms with Gasteiger partial charge in [-0.2, -0.15) is 0 Å². The number of carbonyl (C=O) groups excluding carboxylic acids is 1. The van der Waals surface area contributed by atoms with Gasteiger partial charge in [-0.1, -0.05) is 48.5 Å². The smallest absolute Gasteiger partial charge is 0.241 e. The number of sulfonamides is 1. The van der Waals surface area contributed by atoms with E-state index in [0.29, 0.717) is 12.2 Å². The molecule has 6 nitrogen and oxygen atoms in total. The molecular weight excluding hydrogens is 362 g/mol. The Morgan fingerprint density at radius 1 is 1.04 bits per heavy atom. The monoisotopic (exact) mass is 389 g/mol. The second-order valence-corrected chi connectivity index (χ2v) is 8.76. The first kappa shape index (κ1) is 20.9. The molecule has 0 heterocycles. The van der Waals surface area contributed by atoms with Gasteiger partial charge in [0.15, 0.2) is 0 Å². The molecule has 0 unspecified atom stereocenters. The fourth-order valence-electron chi connectivity index (χ4n) is 2.88. The summed E-state index contributed by atoms with van der Waals surface area (Å²) in [6.45, 7) is 2.17. The number of likely N-dealkylation sites (N-methyl/N-ethyl adjacent to an activating group) is 1. The molecule has 0 spiro atoms. The summed E-state index contributed by atoms with van der Waals surface area (Å²) in [5, 5.41) is 2.97. The molecule has 0 aromatic heterocycles. The van der Waals surface area contributed by atoms with Gasteiger partial charge in [0.25, 0.3) is 0 Å². The van der Waals surface area contributed by atoms with E-state index in [9.17, 15) is 13.2 Å². The van der Waals surface area contributed by atoms with Crippen molar-refractivity contribution >= 4 is 21.6 Å². The zero-order chi connectivity index (χ0) is 20.0. The van der Waals surface area contributed by atoms with Crippen molar-refractivity contribution in [3.63, 3.8) is 0 Å². The Hall–Kier alpha value is -2.38. The molecule has 0 aliphatic carbocycles. The third-order valence-corrected chi connectivity index (χ3v) is 5.28. The van der Waals surface area contributed by atoms with Crippen molar-refractivity contribution in [2.75, 3.05) is 37.7 Å². The van der Waals surface area contributed by atoms with Gasteiger partial charge in [0.2, 0.25) is 15.9 Å². The van der Waals surface area contributed by atoms with Crippen LogP contribution in [0, 0.1) is 6.92 Å². The third-order valence-electron chi connectivity index (χ3n) is 4.16. The van der Waals surface area contributed by atoms with Gasteiger partial charge >= 0.3 is 0 Å². The van der Waals surface area contributed by atoms with E-state index in [-0.39, 0.29) is 18.5 Å². The number of aryl methyl sites for hydroxylation is 1. The second-order valence-electron chi connectivity index (χ2n) is 6.85. The van der Waals surface area contributed by atoms with Crippen molar-refractivity contribution in [1.82, 2.24) is 10.2 Å². The maximum atomic E-state index is 12.7. The van der Waals surface area contributed by atoms with Crippen LogP contribution in [0.5, 0.6) is 0 Å². The first-order valence-corrected chi connectivity index (χ1v) is 10.6. The normalized spacial score (nSPS) is 12.6. The molecule has 0 radical (unpaired) electrons. The number of nitrogens with one attached hydrogen (secondary N) is 1. The number of hydrogen-bond donors (Lipinski definition) is 1. The van der Waals surface area contributed by atoms with Gasteiger partial charge in [-0.3, -0.25) is 9.10 Å². The summed E-state index contributed by atoms with van der Waals surface area (Å²) in [5.74, 6) is -0.348. The lowest BCUT2D eigenvalue weighted by atomic mass is 10.1. The van der Waals surface area contributed by atoms with E-state index in [4.69, 9.17) is 0 Å². The zero-order valence-electron chi connectivity index (χ0n) is 16.2. The van der Waals surface area contributed by atoms with Gasteiger partial charge < -0.3 is 10.2 Å². The highest BCUT2D eigenvalue weighted by molar-refractivity contribution is 7.92. The van der Waals surface area contributed by atoms with E-state index in [1.807, 2.05) is 68.4 Å². The molecular formula is C20H27N3O3S. The van der Waals surface area contributed by atoms with E-state index in [1.165, 1.54) is 0 Å². The van der Waals surface area contributed by atoms with Crippen LogP contribution in [0.3, 0.4) is 0 Å². The van der Waals surface area contributed by atoms with Gasteiger partial charge in [0.05, 0.1) is 18.0 Å². The van der Waals surface area contributed by atoms with Gasteiger partial charge in [-0.25, -0.2) is 8.42 Å². The maximum absolute atomic E-state index is 12.7. The Kier molecular flexibility index (Phi) is 6.98. The average Bonchev–Trinajstić information content (AvgIpc) is 2.59. The van der Waals surface area contributed by atoms with E-state index >= 15 is 0 Å². The molecule has 1 N–H and O–H groups in total. The highest BCUT2D eigenvalue weighted by atomic mass is 32.2. The standard InChI is InChI=1S/C20H27N3O3S/c1-16-10-8-9-13-19(16)23(27(4,25)26)15-20(24)21-18(14-22(2)3)17-11-6-5-7-12-17/h5-13,18H,14-15H2,1-4H3,(H,21,24)/t18-/m0/s1. The van der Waals surface area contributed by atoms with Crippen LogP contribution in [0.25, 0.3) is 0 Å². The van der Waals surface area contributed by atoms with Gasteiger partial charge in [0.1, 0.15) is 6.54 Å². The number of nitrogens with zero attached hydrogens (tertiary/aromatic N) is 2. The molecule has 1 amide bonds. The van der Waals surface area contributed by atoms with Gasteiger partial charge in [-0.15, -0.1) is 0 Å². The number of amides is 1. The number of benzene rings is 2. The number of hydrogen-bond acceptors (Lipinski definition) is 4. The summed E-state index contributed by atoms with van der Waals surface area (Å²) in [4.78, 5) is 14.7. The summed E-state index contributed by atoms with van der Waals surface area (Å²) in [7, 11) is 0.261. The molecule has 2 rings (SSSR count). The maximum Gasteiger partial charge on any atom is 0.241 e. The molecule has 0 aliphatic rings. The van der Waals surface area contributed by atoms with Crippen LogP contribution >= 0.6 is 0 Å². The summed E-state index contributed by atoms with van der Waals surface area (Å²) in [5.41, 5.74) is 2.28. The van der Waals surface area contributed by atoms with Crippen LogP contribution < -0.4 is 9.62 Å². The minimum absolute atomic E-state index is 0.230. The average molecular weight is 390 g/mol. The topological polar surface area (TPSA) is 69.7 Å². The number of anilines is 1. The van der Waals surface area contributed by atoms with Crippen molar-refractivity contribution in [3.05, 3.63) is 65.7 Å². The second kappa shape index (κ2) is 9.01. The first-order chi connectivity index (χ1) is 12.7. The molecule has 0 aliphatic heterocycles. The Morgan fingerprint density at radius 2 is 1.63 bits per heavy atom. The molecule has 0 saturated heterocycles. The van der Waals surface area contributed by atoms with Crippen LogP contribution in [0.2, 0.25) is 0 Å². The number of para-hydroxylation sites is 1. The third kappa shape index (κ3) is 6.08. The van der Waals surface area contributed by atoms with Gasteiger partial charge in [0, 0.05) is 6.54 Å². The molecule has 2 aromatic rings. The molecule has 0 bridgehead atoms. The molecule has 146 valence electrons. The van der Waals surface area contributed by atoms with Crippen LogP contribution in [-0.4, -0.2) is 52.7 Å². The largest absolute Gasteiger partial charge is 0.346 e. The van der Waals surface area contributed by atoms with Gasteiger partial charge in [-0.05, 0) is 38.2 Å². The molecule has 0 fully saturated rings. The van der Waals surface area contributed by atoms with Crippen molar-refractivity contribution in [1.29, 1.82) is 0 Å². The van der Waals surface area contributed by atoms with Crippen LogP contribution in [0.1, 0.15) is 17.2 Å². The Balaban J connectivity index is 2.22. The summed E-state index contributed by atoms with van der Waals surface area (Å²) < 4.78 is 25.7. The van der Waals surface area contributed by atoms with Crippen molar-refractivity contribution in [2.24, 2.45) is 0 Å². The number of carbonyl (C=O) groups is 1. The Morgan fingerprint density at radius 3 is 2.19 bits per heavy atom. The fraction of sp³-hybridized carbons (Fsp3) is 0.350. The summed E-state index contributed by atoms with van der Waals surface area (Å²) in [6.07, 6.45) is 1.11. The minimum Gasteiger partial charge on any atom is -0.346 e. The number of rotatable bonds is 8. The van der Waals surface area contributed by atoms with Crippen LogP contribution in [0.15, 0.2) is 54.6 Å². The molecule has 0 saturated carbocycles. The lowest BCUT2D eigenvalue weighted by Gasteiger charge is -2.26. The minimum atomic E-state index is -3.60. The Bertz CT molecular complexity index is 867. The fourth-order valence-corrected chi connectivity index (χ4v) is 3.79. The SMILES string of the molecule is Cc1ccccc1N(CC(=O)N[C@@H](CN(C)C)c1ccccc1)S(C)(=O)=O. The van der Waals surface area contributed by atoms with E-state index in [2.05, 4.69) is 5.32 Å². The lowest BCUT2D eigenvalue weighted by Crippen LogP contribution is -2.43. The lowest BCUT2D eigenvalue weighted by molar-refractivity contribution is -0.120. The Labute approximate surface area is 161 Å². The summed E-state index contributed by atoms with van der Waals surface area (Å²) in [6, 6.07) is 16.5. The highest BCUT2D eigenvalue weighted by Gasteiger charge is 2.24. The highest BCUT2D eigenvalue weighted by Crippen LogP contribution is 2.22. The van der Waals surface area contributed by atoms with E-state index in [0.717, 1.165) is 21.7 Å². The van der Waals surface area contributed by atoms with Crippen LogP contribution in [-0.2, 0) is 14.8 Å². The van der Waals surface area contributed by atoms with E-state index in [1.54, 1.807) is 12.1 Å². The molecule has 27 heavy (non-hydrogen) atoms. The molecule has 2 aromatic carbocycles. The van der Waals surface area contributed by atoms with Crippen molar-refractivity contribution < 1.29 is 13.2 Å². The van der Waals surface area contributed by atoms with Crippen molar-refractivity contribution in [3.8, 4) is 0 Å². The summed E-state index contributed by atoms with van der Waals surface area (Å²) >= 11 is 0. The first-order valence-electron chi connectivity index (χ1n) is 8.71. The van der Waals surface area contributed by atoms with Crippen molar-refractivity contribution in [2.45, 2.75) is 13.0 Å². The zero-order valence-corrected chi connectivity index (χ0v) is 17.0. The quantitative estimate of drug-likeness (QED) is 0.751. The predicted octanol–water partition coefficient (Wildman–Crippen LogP) is 2.18. The van der Waals surface area contributed by atoms with Crippen LogP contribution in [0.4, 0.5) is 5.69 Å². The predicted molar refractivity (Wildman–Crippen MR) is 109 cm³/mol.